The molecule has 0 spiro atoms. The van der Waals surface area contributed by atoms with E-state index in [1.165, 1.54) is 148 Å². The fourth-order valence-electron chi connectivity index (χ4n) is 6.80. The van der Waals surface area contributed by atoms with Crippen molar-refractivity contribution in [2.24, 2.45) is 5.92 Å². The zero-order valence-electron chi connectivity index (χ0n) is 35.3. The highest BCUT2D eigenvalue weighted by Crippen LogP contribution is 2.16. The molecule has 0 fully saturated rings. The number of carbonyl (C=O) groups excluding carboxylic acids is 3. The van der Waals surface area contributed by atoms with Crippen LogP contribution in [0.25, 0.3) is 0 Å². The number of carbonyl (C=O) groups is 3. The Balaban J connectivity index is 4.19. The van der Waals surface area contributed by atoms with Crippen LogP contribution < -0.4 is 0 Å². The van der Waals surface area contributed by atoms with E-state index >= 15 is 0 Å². The second-order valence-electron chi connectivity index (χ2n) is 16.2. The van der Waals surface area contributed by atoms with E-state index in [9.17, 15) is 14.4 Å². The third-order valence-corrected chi connectivity index (χ3v) is 10.3. The lowest BCUT2D eigenvalue weighted by molar-refractivity contribution is -0.167. The third kappa shape index (κ3) is 39.6. The van der Waals surface area contributed by atoms with Gasteiger partial charge in [-0.2, -0.15) is 0 Å². The summed E-state index contributed by atoms with van der Waals surface area (Å²) in [5.41, 5.74) is 0. The molecule has 0 saturated carbocycles. The minimum Gasteiger partial charge on any atom is -0.462 e. The number of rotatable bonds is 41. The molecule has 52 heavy (non-hydrogen) atoms. The Labute approximate surface area is 323 Å². The van der Waals surface area contributed by atoms with Gasteiger partial charge < -0.3 is 14.2 Å². The molecule has 6 nitrogen and oxygen atoms in total. The molecule has 0 aromatic heterocycles. The van der Waals surface area contributed by atoms with Crippen LogP contribution in [-0.4, -0.2) is 37.2 Å². The molecule has 308 valence electrons. The van der Waals surface area contributed by atoms with Gasteiger partial charge in [-0.15, -0.1) is 0 Å². The predicted molar refractivity (Wildman–Crippen MR) is 220 cm³/mol. The van der Waals surface area contributed by atoms with Gasteiger partial charge in [0.1, 0.15) is 13.2 Å². The van der Waals surface area contributed by atoms with Crippen molar-refractivity contribution in [2.75, 3.05) is 13.2 Å². The van der Waals surface area contributed by atoms with Crippen molar-refractivity contribution in [3.63, 3.8) is 0 Å². The monoisotopic (exact) mass is 737 g/mol. The van der Waals surface area contributed by atoms with E-state index in [-0.39, 0.29) is 31.1 Å². The topological polar surface area (TPSA) is 78.9 Å². The van der Waals surface area contributed by atoms with Crippen molar-refractivity contribution in [3.8, 4) is 0 Å². The summed E-state index contributed by atoms with van der Waals surface area (Å²) in [7, 11) is 0. The number of unbranched alkanes of at least 4 members (excludes halogenated alkanes) is 28. The van der Waals surface area contributed by atoms with E-state index in [1.807, 2.05) is 0 Å². The fourth-order valence-corrected chi connectivity index (χ4v) is 6.80. The van der Waals surface area contributed by atoms with Gasteiger partial charge in [-0.1, -0.05) is 214 Å². The summed E-state index contributed by atoms with van der Waals surface area (Å²) < 4.78 is 16.6. The van der Waals surface area contributed by atoms with Gasteiger partial charge in [-0.3, -0.25) is 14.4 Å². The molecule has 0 bridgehead atoms. The van der Waals surface area contributed by atoms with E-state index in [4.69, 9.17) is 14.2 Å². The summed E-state index contributed by atoms with van der Waals surface area (Å²) in [4.78, 5) is 37.5. The lowest BCUT2D eigenvalue weighted by Gasteiger charge is -2.18. The Hall–Kier alpha value is -1.59. The highest BCUT2D eigenvalue weighted by Gasteiger charge is 2.19. The normalized spacial score (nSPS) is 11.9. The van der Waals surface area contributed by atoms with Crippen LogP contribution in [0.5, 0.6) is 0 Å². The lowest BCUT2D eigenvalue weighted by Crippen LogP contribution is -2.30. The van der Waals surface area contributed by atoms with Crippen LogP contribution in [0.1, 0.15) is 252 Å². The van der Waals surface area contributed by atoms with Gasteiger partial charge in [0.2, 0.25) is 0 Å². The molecule has 0 aromatic carbocycles. The smallest absolute Gasteiger partial charge is 0.306 e. The third-order valence-electron chi connectivity index (χ3n) is 10.3. The lowest BCUT2D eigenvalue weighted by atomic mass is 10.0. The van der Waals surface area contributed by atoms with E-state index < -0.39 is 6.10 Å². The van der Waals surface area contributed by atoms with Crippen molar-refractivity contribution >= 4 is 17.9 Å². The zero-order valence-corrected chi connectivity index (χ0v) is 35.3. The largest absolute Gasteiger partial charge is 0.462 e. The highest BCUT2D eigenvalue weighted by atomic mass is 16.6. The van der Waals surface area contributed by atoms with Gasteiger partial charge in [0.25, 0.3) is 0 Å². The molecule has 6 heteroatoms. The standard InChI is InChI=1S/C46H88O6/c1-5-7-9-11-13-21-26-30-34-38-45(48)51-41-43(40-50-44(47)37-33-29-24-12-10-8-6-2)52-46(49)39-35-31-27-23-20-18-16-14-15-17-19-22-25-28-32-36-42(3)4/h42-43H,5-41H2,1-4H3/t43-/m1/s1. The highest BCUT2D eigenvalue weighted by molar-refractivity contribution is 5.71. The molecule has 0 saturated heterocycles. The van der Waals surface area contributed by atoms with Crippen LogP contribution >= 0.6 is 0 Å². The van der Waals surface area contributed by atoms with Gasteiger partial charge in [0, 0.05) is 19.3 Å². The molecule has 0 aromatic rings. The van der Waals surface area contributed by atoms with Crippen LogP contribution in [0.4, 0.5) is 0 Å². The first-order valence-electron chi connectivity index (χ1n) is 22.9. The van der Waals surface area contributed by atoms with Crippen LogP contribution in [0.3, 0.4) is 0 Å². The summed E-state index contributed by atoms with van der Waals surface area (Å²) >= 11 is 0. The SMILES string of the molecule is CCCCCCCCCCCC(=O)OC[C@@H](COC(=O)CCCCCCCCC)OC(=O)CCCCCCCCCCCCCCCCCC(C)C. The van der Waals surface area contributed by atoms with E-state index in [1.54, 1.807) is 0 Å². The van der Waals surface area contributed by atoms with Gasteiger partial charge in [-0.05, 0) is 25.2 Å². The van der Waals surface area contributed by atoms with E-state index in [0.29, 0.717) is 19.3 Å². The first-order chi connectivity index (χ1) is 25.4. The Morgan fingerprint density at radius 2 is 0.635 bits per heavy atom. The molecule has 0 aliphatic rings. The second-order valence-corrected chi connectivity index (χ2v) is 16.2. The Kier molecular flexibility index (Phi) is 39.4. The first-order valence-corrected chi connectivity index (χ1v) is 22.9. The Morgan fingerprint density at radius 1 is 0.365 bits per heavy atom. The average molecular weight is 737 g/mol. The van der Waals surface area contributed by atoms with Crippen LogP contribution in [0.15, 0.2) is 0 Å². The van der Waals surface area contributed by atoms with Crippen LogP contribution in [0, 0.1) is 5.92 Å². The molecule has 0 aliphatic carbocycles. The minimum atomic E-state index is -0.757. The molecule has 0 radical (unpaired) electrons. The van der Waals surface area contributed by atoms with Gasteiger partial charge >= 0.3 is 17.9 Å². The summed E-state index contributed by atoms with van der Waals surface area (Å²) in [5, 5.41) is 0. The molecule has 0 heterocycles. The molecular weight excluding hydrogens is 649 g/mol. The van der Waals surface area contributed by atoms with Crippen molar-refractivity contribution in [2.45, 2.75) is 259 Å². The van der Waals surface area contributed by atoms with Gasteiger partial charge in [0.05, 0.1) is 0 Å². The molecule has 0 aliphatic heterocycles. The zero-order chi connectivity index (χ0) is 38.2. The fraction of sp³-hybridized carbons (Fsp3) is 0.935. The maximum absolute atomic E-state index is 12.7. The average Bonchev–Trinajstić information content (AvgIpc) is 3.12. The number of ether oxygens (including phenoxy) is 3. The van der Waals surface area contributed by atoms with Gasteiger partial charge in [-0.25, -0.2) is 0 Å². The molecule has 1 atom stereocenters. The summed E-state index contributed by atoms with van der Waals surface area (Å²) in [6, 6.07) is 0. The molecule has 0 unspecified atom stereocenters. The van der Waals surface area contributed by atoms with Crippen molar-refractivity contribution < 1.29 is 28.6 Å². The maximum Gasteiger partial charge on any atom is 0.306 e. The maximum atomic E-state index is 12.7. The van der Waals surface area contributed by atoms with Crippen LogP contribution in [-0.2, 0) is 28.6 Å². The molecular formula is C46H88O6. The number of esters is 3. The van der Waals surface area contributed by atoms with E-state index in [0.717, 1.165) is 63.7 Å². The Morgan fingerprint density at radius 3 is 0.942 bits per heavy atom. The van der Waals surface area contributed by atoms with Crippen LogP contribution in [0.2, 0.25) is 0 Å². The van der Waals surface area contributed by atoms with Gasteiger partial charge in [0.15, 0.2) is 6.10 Å². The first kappa shape index (κ1) is 50.4. The van der Waals surface area contributed by atoms with Crippen molar-refractivity contribution in [3.05, 3.63) is 0 Å². The Bertz CT molecular complexity index is 781. The summed E-state index contributed by atoms with van der Waals surface area (Å²) in [6.07, 6.45) is 39.6. The molecule has 0 amide bonds. The quantitative estimate of drug-likeness (QED) is 0.0353. The molecule has 0 rings (SSSR count). The van der Waals surface area contributed by atoms with E-state index in [2.05, 4.69) is 27.7 Å². The summed E-state index contributed by atoms with van der Waals surface area (Å²) in [6.45, 7) is 8.95. The summed E-state index contributed by atoms with van der Waals surface area (Å²) in [5.74, 6) is -0.0145. The predicted octanol–water partition coefficient (Wildman–Crippen LogP) is 14.3. The van der Waals surface area contributed by atoms with Crippen molar-refractivity contribution in [1.82, 2.24) is 0 Å². The second kappa shape index (κ2) is 40.6. The number of hydrogen-bond acceptors (Lipinski definition) is 6. The molecule has 0 N–H and O–H groups in total. The minimum absolute atomic E-state index is 0.0643. The number of hydrogen-bond donors (Lipinski definition) is 0. The van der Waals surface area contributed by atoms with Crippen molar-refractivity contribution in [1.29, 1.82) is 0 Å².